The lowest BCUT2D eigenvalue weighted by Gasteiger charge is -1.93. The van der Waals surface area contributed by atoms with Gasteiger partial charge in [0.15, 0.2) is 0 Å². The van der Waals surface area contributed by atoms with Gasteiger partial charge in [-0.25, -0.2) is 4.98 Å². The second-order valence-corrected chi connectivity index (χ2v) is 3.49. The van der Waals surface area contributed by atoms with Crippen LogP contribution in [0.15, 0.2) is 29.4 Å². The van der Waals surface area contributed by atoms with Gasteiger partial charge in [-0.05, 0) is 12.1 Å². The fourth-order valence-corrected chi connectivity index (χ4v) is 1.33. The van der Waals surface area contributed by atoms with Crippen molar-refractivity contribution in [3.8, 4) is 0 Å². The maximum Gasteiger partial charge on any atom is 0.127 e. The van der Waals surface area contributed by atoms with Crippen LogP contribution in [0.3, 0.4) is 0 Å². The summed E-state index contributed by atoms with van der Waals surface area (Å²) in [6.07, 6.45) is 1.66. The first-order valence-corrected chi connectivity index (χ1v) is 4.46. The molecular weight excluding hydrogens is 146 g/mol. The summed E-state index contributed by atoms with van der Waals surface area (Å²) in [6, 6.07) is 5.44. The van der Waals surface area contributed by atoms with Crippen LogP contribution < -0.4 is 0 Å². The summed E-state index contributed by atoms with van der Waals surface area (Å²) in [5.41, 5.74) is 0. The first kappa shape index (κ1) is 7.41. The Kier molecular flexibility index (Phi) is 2.57. The molecule has 1 aromatic heterocycles. The lowest BCUT2D eigenvalue weighted by Crippen LogP contribution is -1.95. The fraction of sp³-hybridized carbons (Fsp3) is 0.286. The van der Waals surface area contributed by atoms with Crippen molar-refractivity contribution >= 4 is 10.8 Å². The molecule has 0 amide bonds. The van der Waals surface area contributed by atoms with Gasteiger partial charge in [-0.15, -0.1) is 0 Å². The van der Waals surface area contributed by atoms with Crippen LogP contribution in [0.25, 0.3) is 0 Å². The Morgan fingerprint density at radius 1 is 1.60 bits per heavy atom. The summed E-state index contributed by atoms with van der Waals surface area (Å²) in [5, 5.41) is 0.671. The molecule has 0 bridgehead atoms. The van der Waals surface area contributed by atoms with Crippen molar-refractivity contribution in [2.24, 2.45) is 0 Å². The monoisotopic (exact) mass is 155 g/mol. The van der Waals surface area contributed by atoms with Crippen LogP contribution >= 0.6 is 0 Å². The smallest absolute Gasteiger partial charge is 0.127 e. The molecule has 1 atom stereocenters. The Morgan fingerprint density at radius 3 is 2.90 bits per heavy atom. The highest BCUT2D eigenvalue weighted by atomic mass is 32.2. The van der Waals surface area contributed by atoms with E-state index in [4.69, 9.17) is 0 Å². The summed E-state index contributed by atoms with van der Waals surface area (Å²) in [5.74, 6) is 0.636. The standard InChI is InChI=1S/C7H9NOS/c1-2-10(9)7-5-3-4-6-8-7/h3-6H,2H2,1H3/t10-/m0/s1. The largest absolute Gasteiger partial charge is 0.253 e. The van der Waals surface area contributed by atoms with Crippen molar-refractivity contribution < 1.29 is 4.21 Å². The van der Waals surface area contributed by atoms with E-state index in [9.17, 15) is 4.21 Å². The molecule has 10 heavy (non-hydrogen) atoms. The SMILES string of the molecule is CC[S@](=O)c1ccccn1. The third kappa shape index (κ3) is 1.64. The molecule has 0 N–H and O–H groups in total. The zero-order chi connectivity index (χ0) is 7.40. The molecule has 0 saturated heterocycles. The molecule has 54 valence electrons. The Hall–Kier alpha value is -0.700. The van der Waals surface area contributed by atoms with Gasteiger partial charge in [-0.3, -0.25) is 4.21 Å². The highest BCUT2D eigenvalue weighted by molar-refractivity contribution is 7.84. The lowest BCUT2D eigenvalue weighted by atomic mass is 10.5. The molecule has 0 aromatic carbocycles. The summed E-state index contributed by atoms with van der Waals surface area (Å²) in [4.78, 5) is 3.95. The minimum atomic E-state index is -0.901. The van der Waals surface area contributed by atoms with Gasteiger partial charge in [0.05, 0.1) is 10.8 Å². The maximum absolute atomic E-state index is 11.1. The number of aromatic nitrogens is 1. The molecule has 0 spiro atoms. The van der Waals surface area contributed by atoms with Gasteiger partial charge in [0, 0.05) is 11.9 Å². The van der Waals surface area contributed by atoms with Crippen molar-refractivity contribution in [1.29, 1.82) is 0 Å². The van der Waals surface area contributed by atoms with Crippen molar-refractivity contribution in [1.82, 2.24) is 4.98 Å². The molecule has 0 fully saturated rings. The van der Waals surface area contributed by atoms with Gasteiger partial charge >= 0.3 is 0 Å². The van der Waals surface area contributed by atoms with Crippen molar-refractivity contribution in [3.05, 3.63) is 24.4 Å². The van der Waals surface area contributed by atoms with Gasteiger partial charge in [0.1, 0.15) is 5.03 Å². The number of hydrogen-bond donors (Lipinski definition) is 0. The summed E-state index contributed by atoms with van der Waals surface area (Å²) in [6.45, 7) is 1.88. The molecule has 1 heterocycles. The zero-order valence-corrected chi connectivity index (χ0v) is 6.60. The minimum absolute atomic E-state index is 0.636. The van der Waals surface area contributed by atoms with E-state index >= 15 is 0 Å². The van der Waals surface area contributed by atoms with Gasteiger partial charge in [-0.2, -0.15) is 0 Å². The average molecular weight is 155 g/mol. The Morgan fingerprint density at radius 2 is 2.40 bits per heavy atom. The molecule has 3 heteroatoms. The van der Waals surface area contributed by atoms with Crippen LogP contribution in [0.1, 0.15) is 6.92 Å². The minimum Gasteiger partial charge on any atom is -0.253 e. The van der Waals surface area contributed by atoms with E-state index in [2.05, 4.69) is 4.98 Å². The Balaban J connectivity index is 2.85. The van der Waals surface area contributed by atoms with E-state index in [1.54, 1.807) is 12.3 Å². The van der Waals surface area contributed by atoms with E-state index in [1.807, 2.05) is 19.1 Å². The lowest BCUT2D eigenvalue weighted by molar-refractivity contribution is 0.681. The predicted molar refractivity (Wildman–Crippen MR) is 41.2 cm³/mol. The van der Waals surface area contributed by atoms with E-state index in [-0.39, 0.29) is 0 Å². The summed E-state index contributed by atoms with van der Waals surface area (Å²) in [7, 11) is -0.901. The van der Waals surface area contributed by atoms with E-state index in [1.165, 1.54) is 0 Å². The number of pyridine rings is 1. The van der Waals surface area contributed by atoms with Gasteiger partial charge in [0.2, 0.25) is 0 Å². The van der Waals surface area contributed by atoms with Crippen LogP contribution in [-0.2, 0) is 10.8 Å². The van der Waals surface area contributed by atoms with Gasteiger partial charge < -0.3 is 0 Å². The van der Waals surface area contributed by atoms with E-state index < -0.39 is 10.8 Å². The number of rotatable bonds is 2. The number of nitrogens with zero attached hydrogens (tertiary/aromatic N) is 1. The van der Waals surface area contributed by atoms with Crippen LogP contribution in [-0.4, -0.2) is 14.9 Å². The molecule has 1 rings (SSSR count). The molecule has 0 radical (unpaired) electrons. The molecule has 0 aliphatic heterocycles. The van der Waals surface area contributed by atoms with Crippen LogP contribution in [0, 0.1) is 0 Å². The Bertz CT molecular complexity index is 222. The zero-order valence-electron chi connectivity index (χ0n) is 5.78. The normalized spacial score (nSPS) is 12.9. The second kappa shape index (κ2) is 3.46. The number of hydrogen-bond acceptors (Lipinski definition) is 2. The molecule has 1 aromatic rings. The third-order valence-corrected chi connectivity index (χ3v) is 2.37. The summed E-state index contributed by atoms with van der Waals surface area (Å²) >= 11 is 0. The van der Waals surface area contributed by atoms with Crippen LogP contribution in [0.4, 0.5) is 0 Å². The van der Waals surface area contributed by atoms with Crippen molar-refractivity contribution in [2.75, 3.05) is 5.75 Å². The first-order chi connectivity index (χ1) is 4.84. The molecule has 0 saturated carbocycles. The highest BCUT2D eigenvalue weighted by Crippen LogP contribution is 1.99. The van der Waals surface area contributed by atoms with Crippen molar-refractivity contribution in [3.63, 3.8) is 0 Å². The van der Waals surface area contributed by atoms with Crippen LogP contribution in [0.2, 0.25) is 0 Å². The third-order valence-electron chi connectivity index (χ3n) is 1.13. The topological polar surface area (TPSA) is 30.0 Å². The predicted octanol–water partition coefficient (Wildman–Crippen LogP) is 1.21. The maximum atomic E-state index is 11.1. The van der Waals surface area contributed by atoms with Crippen molar-refractivity contribution in [2.45, 2.75) is 11.9 Å². The molecule has 0 aliphatic rings. The van der Waals surface area contributed by atoms with Gasteiger partial charge in [0.25, 0.3) is 0 Å². The average Bonchev–Trinajstić information content (AvgIpc) is 2.05. The molecule has 0 aliphatic carbocycles. The van der Waals surface area contributed by atoms with Crippen LogP contribution in [0.5, 0.6) is 0 Å². The van der Waals surface area contributed by atoms with E-state index in [0.717, 1.165) is 0 Å². The second-order valence-electron chi connectivity index (χ2n) is 1.80. The van der Waals surface area contributed by atoms with E-state index in [0.29, 0.717) is 10.8 Å². The molecule has 0 unspecified atom stereocenters. The quantitative estimate of drug-likeness (QED) is 0.642. The Labute approximate surface area is 62.8 Å². The first-order valence-electron chi connectivity index (χ1n) is 3.14. The fourth-order valence-electron chi connectivity index (χ4n) is 0.630. The highest BCUT2D eigenvalue weighted by Gasteiger charge is 1.98. The molecule has 2 nitrogen and oxygen atoms in total. The summed E-state index contributed by atoms with van der Waals surface area (Å²) < 4.78 is 11.1. The molecular formula is C7H9NOS. The van der Waals surface area contributed by atoms with Gasteiger partial charge in [-0.1, -0.05) is 13.0 Å².